The van der Waals surface area contributed by atoms with Gasteiger partial charge in [0, 0.05) is 30.4 Å². The number of rotatable bonds is 5. The molecular formula is C22H19N5O2. The number of amides is 1. The van der Waals surface area contributed by atoms with Crippen LogP contribution in [0.25, 0.3) is 10.8 Å². The molecule has 0 saturated carbocycles. The van der Waals surface area contributed by atoms with Crippen molar-refractivity contribution in [3.63, 3.8) is 0 Å². The fourth-order valence-electron chi connectivity index (χ4n) is 3.16. The number of pyridine rings is 2. The monoisotopic (exact) mass is 385 g/mol. The summed E-state index contributed by atoms with van der Waals surface area (Å²) in [7, 11) is 0. The van der Waals surface area contributed by atoms with E-state index in [-0.39, 0.29) is 18.0 Å². The zero-order valence-electron chi connectivity index (χ0n) is 15.9. The van der Waals surface area contributed by atoms with E-state index >= 15 is 0 Å². The first kappa shape index (κ1) is 18.5. The maximum absolute atomic E-state index is 12.9. The lowest BCUT2D eigenvalue weighted by Gasteiger charge is -2.11. The minimum atomic E-state index is -0.361. The SMILES string of the molecule is Cc1ccnc(NC(=O)Cn2nc(Cc3cccnc3)c3ccccc3c2=O)c1. The highest BCUT2D eigenvalue weighted by atomic mass is 16.2. The van der Waals surface area contributed by atoms with Crippen molar-refractivity contribution in [2.24, 2.45) is 0 Å². The zero-order valence-corrected chi connectivity index (χ0v) is 15.9. The van der Waals surface area contributed by atoms with E-state index < -0.39 is 0 Å². The van der Waals surface area contributed by atoms with Crippen molar-refractivity contribution in [1.82, 2.24) is 19.7 Å². The Morgan fingerprint density at radius 1 is 1.07 bits per heavy atom. The van der Waals surface area contributed by atoms with Crippen molar-refractivity contribution in [2.75, 3.05) is 5.32 Å². The normalized spacial score (nSPS) is 10.8. The van der Waals surface area contributed by atoms with Crippen LogP contribution in [-0.4, -0.2) is 25.7 Å². The Labute approximate surface area is 167 Å². The molecule has 7 heteroatoms. The predicted molar refractivity (Wildman–Crippen MR) is 111 cm³/mol. The Hall–Kier alpha value is -3.87. The standard InChI is InChI=1S/C22H19N5O2/c1-15-8-10-24-20(11-15)25-21(28)14-27-22(29)18-7-3-2-6-17(18)19(26-27)12-16-5-4-9-23-13-16/h2-11,13H,12,14H2,1H3,(H,24,25,28). The number of carbonyl (C=O) groups is 1. The first-order valence-corrected chi connectivity index (χ1v) is 9.20. The second-order valence-corrected chi connectivity index (χ2v) is 6.76. The van der Waals surface area contributed by atoms with Gasteiger partial charge in [-0.15, -0.1) is 0 Å². The average Bonchev–Trinajstić information content (AvgIpc) is 2.72. The number of aromatic nitrogens is 4. The van der Waals surface area contributed by atoms with Gasteiger partial charge in [-0.2, -0.15) is 5.10 Å². The lowest BCUT2D eigenvalue weighted by atomic mass is 10.1. The third-order valence-electron chi connectivity index (χ3n) is 4.51. The summed E-state index contributed by atoms with van der Waals surface area (Å²) in [6.07, 6.45) is 5.61. The quantitative estimate of drug-likeness (QED) is 0.571. The summed E-state index contributed by atoms with van der Waals surface area (Å²) >= 11 is 0. The first-order chi connectivity index (χ1) is 14.1. The molecule has 4 rings (SSSR count). The van der Waals surface area contributed by atoms with Gasteiger partial charge in [-0.1, -0.05) is 24.3 Å². The van der Waals surface area contributed by atoms with Crippen molar-refractivity contribution in [2.45, 2.75) is 19.9 Å². The Balaban J connectivity index is 1.67. The highest BCUT2D eigenvalue weighted by Crippen LogP contribution is 2.16. The molecule has 0 radical (unpaired) electrons. The van der Waals surface area contributed by atoms with Crippen LogP contribution in [0.15, 0.2) is 71.9 Å². The van der Waals surface area contributed by atoms with E-state index in [0.717, 1.165) is 22.2 Å². The fraction of sp³-hybridized carbons (Fsp3) is 0.136. The first-order valence-electron chi connectivity index (χ1n) is 9.20. The highest BCUT2D eigenvalue weighted by molar-refractivity contribution is 5.90. The summed E-state index contributed by atoms with van der Waals surface area (Å²) in [5.74, 6) is 0.0831. The van der Waals surface area contributed by atoms with Crippen LogP contribution in [0.4, 0.5) is 5.82 Å². The number of benzene rings is 1. The van der Waals surface area contributed by atoms with Gasteiger partial charge in [0.15, 0.2) is 0 Å². The molecule has 7 nitrogen and oxygen atoms in total. The fourth-order valence-corrected chi connectivity index (χ4v) is 3.16. The molecule has 144 valence electrons. The van der Waals surface area contributed by atoms with Gasteiger partial charge in [0.2, 0.25) is 5.91 Å². The number of carbonyl (C=O) groups excluding carboxylic acids is 1. The molecule has 3 heterocycles. The second-order valence-electron chi connectivity index (χ2n) is 6.76. The number of nitrogens with one attached hydrogen (secondary N) is 1. The highest BCUT2D eigenvalue weighted by Gasteiger charge is 2.14. The smallest absolute Gasteiger partial charge is 0.275 e. The van der Waals surface area contributed by atoms with Crippen LogP contribution in [-0.2, 0) is 17.8 Å². The lowest BCUT2D eigenvalue weighted by molar-refractivity contribution is -0.117. The summed E-state index contributed by atoms with van der Waals surface area (Å²) < 4.78 is 1.21. The van der Waals surface area contributed by atoms with Gasteiger partial charge >= 0.3 is 0 Å². The Kier molecular flexibility index (Phi) is 5.11. The van der Waals surface area contributed by atoms with Gasteiger partial charge in [0.25, 0.3) is 5.56 Å². The molecule has 29 heavy (non-hydrogen) atoms. The molecule has 1 amide bonds. The van der Waals surface area contributed by atoms with E-state index in [2.05, 4.69) is 20.4 Å². The Morgan fingerprint density at radius 3 is 2.66 bits per heavy atom. The van der Waals surface area contributed by atoms with E-state index in [4.69, 9.17) is 0 Å². The molecule has 0 spiro atoms. The largest absolute Gasteiger partial charge is 0.309 e. The topological polar surface area (TPSA) is 89.8 Å². The van der Waals surface area contributed by atoms with Crippen molar-refractivity contribution >= 4 is 22.5 Å². The van der Waals surface area contributed by atoms with E-state index in [9.17, 15) is 9.59 Å². The zero-order chi connectivity index (χ0) is 20.2. The number of fused-ring (bicyclic) bond motifs is 1. The molecule has 0 saturated heterocycles. The van der Waals surface area contributed by atoms with Crippen LogP contribution in [0.3, 0.4) is 0 Å². The molecule has 0 unspecified atom stereocenters. The summed E-state index contributed by atoms with van der Waals surface area (Å²) in [5.41, 5.74) is 2.37. The van der Waals surface area contributed by atoms with Gasteiger partial charge in [0.1, 0.15) is 12.4 Å². The van der Waals surface area contributed by atoms with Gasteiger partial charge in [-0.25, -0.2) is 9.67 Å². The van der Waals surface area contributed by atoms with Crippen LogP contribution in [0.2, 0.25) is 0 Å². The third-order valence-corrected chi connectivity index (χ3v) is 4.51. The number of aryl methyl sites for hydroxylation is 1. The molecule has 3 aromatic heterocycles. The predicted octanol–water partition coefficient (Wildman–Crippen LogP) is 2.72. The molecule has 0 aliphatic carbocycles. The van der Waals surface area contributed by atoms with Crippen LogP contribution < -0.4 is 10.9 Å². The Morgan fingerprint density at radius 2 is 1.90 bits per heavy atom. The number of hydrogen-bond acceptors (Lipinski definition) is 5. The van der Waals surface area contributed by atoms with Crippen molar-refractivity contribution in [3.8, 4) is 0 Å². The van der Waals surface area contributed by atoms with Crippen molar-refractivity contribution in [1.29, 1.82) is 0 Å². The van der Waals surface area contributed by atoms with Crippen LogP contribution in [0, 0.1) is 6.92 Å². The third kappa shape index (κ3) is 4.19. The molecule has 0 bridgehead atoms. The van der Waals surface area contributed by atoms with E-state index in [1.165, 1.54) is 4.68 Å². The minimum absolute atomic E-state index is 0.195. The van der Waals surface area contributed by atoms with Gasteiger partial charge in [0.05, 0.1) is 11.1 Å². The van der Waals surface area contributed by atoms with Crippen molar-refractivity contribution < 1.29 is 4.79 Å². The second kappa shape index (κ2) is 8.02. The number of anilines is 1. The van der Waals surface area contributed by atoms with Crippen LogP contribution in [0.5, 0.6) is 0 Å². The average molecular weight is 385 g/mol. The van der Waals surface area contributed by atoms with Crippen LogP contribution >= 0.6 is 0 Å². The maximum Gasteiger partial charge on any atom is 0.275 e. The van der Waals surface area contributed by atoms with Gasteiger partial charge in [-0.3, -0.25) is 14.6 Å². The molecule has 1 N–H and O–H groups in total. The molecule has 0 aliphatic heterocycles. The van der Waals surface area contributed by atoms with Gasteiger partial charge in [-0.05, 0) is 42.3 Å². The maximum atomic E-state index is 12.9. The molecule has 1 aromatic carbocycles. The van der Waals surface area contributed by atoms with Crippen LogP contribution in [0.1, 0.15) is 16.8 Å². The van der Waals surface area contributed by atoms with E-state index in [1.807, 2.05) is 37.3 Å². The van der Waals surface area contributed by atoms with E-state index in [0.29, 0.717) is 17.6 Å². The van der Waals surface area contributed by atoms with Gasteiger partial charge < -0.3 is 5.32 Å². The molecule has 0 fully saturated rings. The molecule has 0 atom stereocenters. The number of hydrogen-bond donors (Lipinski definition) is 1. The number of nitrogens with zero attached hydrogens (tertiary/aromatic N) is 4. The van der Waals surface area contributed by atoms with Crippen molar-refractivity contribution in [3.05, 3.63) is 94.3 Å². The van der Waals surface area contributed by atoms with E-state index in [1.54, 1.807) is 36.8 Å². The molecule has 4 aromatic rings. The molecular weight excluding hydrogens is 366 g/mol. The summed E-state index contributed by atoms with van der Waals surface area (Å²) in [4.78, 5) is 33.6. The summed E-state index contributed by atoms with van der Waals surface area (Å²) in [6, 6.07) is 14.7. The Bertz CT molecular complexity index is 1230. The molecule has 0 aliphatic rings. The minimum Gasteiger partial charge on any atom is -0.309 e. The lowest BCUT2D eigenvalue weighted by Crippen LogP contribution is -2.31. The summed E-state index contributed by atoms with van der Waals surface area (Å²) in [5, 5.41) is 8.51. The summed E-state index contributed by atoms with van der Waals surface area (Å²) in [6.45, 7) is 1.72.